The molecule has 3 rings (SSSR count). The summed E-state index contributed by atoms with van der Waals surface area (Å²) >= 11 is 0. The van der Waals surface area contributed by atoms with Crippen LogP contribution in [0.5, 0.6) is 0 Å². The highest BCUT2D eigenvalue weighted by molar-refractivity contribution is 7.59. The molecule has 0 amide bonds. The molecule has 14 heteroatoms. The van der Waals surface area contributed by atoms with Gasteiger partial charge in [-0.3, -0.25) is 29.5 Å². The van der Waals surface area contributed by atoms with E-state index in [2.05, 4.69) is 19.9 Å². The third kappa shape index (κ3) is 19.5. The molecular formula is C36H64N4O8S2. The van der Waals surface area contributed by atoms with Crippen molar-refractivity contribution in [3.05, 3.63) is 47.6 Å². The SMILES string of the molecule is CC(C)(C)OC[C@@H](O)c1cnc(CC(=O)C(C)(C)C)cn1.CC1(C)OC[C@H](c2cnc(CC(=O)C(C)(C)C)cn2)O1.COC(C)(C)OC.S.S. The van der Waals surface area contributed by atoms with Crippen LogP contribution in [-0.4, -0.2) is 81.2 Å². The summed E-state index contributed by atoms with van der Waals surface area (Å²) in [5.74, 6) is -0.727. The lowest BCUT2D eigenvalue weighted by Crippen LogP contribution is -2.24. The second kappa shape index (κ2) is 20.9. The molecular weight excluding hydrogens is 681 g/mol. The Morgan fingerprint density at radius 1 is 0.800 bits per heavy atom. The van der Waals surface area contributed by atoms with Crippen molar-refractivity contribution < 1.29 is 38.4 Å². The van der Waals surface area contributed by atoms with Crippen molar-refractivity contribution in [3.63, 3.8) is 0 Å². The molecule has 0 spiro atoms. The van der Waals surface area contributed by atoms with Crippen LogP contribution in [0.2, 0.25) is 0 Å². The lowest BCUT2D eigenvalue weighted by molar-refractivity contribution is -0.178. The normalized spacial score (nSPS) is 16.4. The number of hydrogen-bond donors (Lipinski definition) is 1. The maximum absolute atomic E-state index is 11.9. The summed E-state index contributed by atoms with van der Waals surface area (Å²) in [5.41, 5.74) is 1.43. The first-order chi connectivity index (χ1) is 21.8. The third-order valence-electron chi connectivity index (χ3n) is 7.14. The Morgan fingerprint density at radius 2 is 1.26 bits per heavy atom. The number of aliphatic hydroxyl groups is 1. The Labute approximate surface area is 314 Å². The average molecular weight is 745 g/mol. The van der Waals surface area contributed by atoms with Crippen LogP contribution in [0.4, 0.5) is 0 Å². The molecule has 1 fully saturated rings. The summed E-state index contributed by atoms with van der Waals surface area (Å²) in [6.07, 6.45) is 5.92. The van der Waals surface area contributed by atoms with Crippen molar-refractivity contribution in [2.24, 2.45) is 10.8 Å². The maximum Gasteiger partial charge on any atom is 0.163 e. The summed E-state index contributed by atoms with van der Waals surface area (Å²) in [6, 6.07) is 0. The van der Waals surface area contributed by atoms with Gasteiger partial charge in [-0.25, -0.2) is 0 Å². The van der Waals surface area contributed by atoms with Crippen LogP contribution in [0, 0.1) is 10.8 Å². The van der Waals surface area contributed by atoms with Gasteiger partial charge in [0.2, 0.25) is 0 Å². The minimum Gasteiger partial charge on any atom is -0.384 e. The van der Waals surface area contributed by atoms with Gasteiger partial charge in [-0.15, -0.1) is 0 Å². The summed E-state index contributed by atoms with van der Waals surface area (Å²) in [7, 11) is 3.23. The van der Waals surface area contributed by atoms with Gasteiger partial charge in [-0.1, -0.05) is 41.5 Å². The number of carbonyl (C=O) groups excluding carboxylic acids is 2. The zero-order chi connectivity index (χ0) is 37.1. The number of rotatable bonds is 10. The average Bonchev–Trinajstić information content (AvgIpc) is 3.35. The summed E-state index contributed by atoms with van der Waals surface area (Å²) < 4.78 is 26.5. The molecule has 1 aliphatic rings. The van der Waals surface area contributed by atoms with E-state index >= 15 is 0 Å². The number of hydrogen-bond acceptors (Lipinski definition) is 12. The van der Waals surface area contributed by atoms with E-state index in [4.69, 9.17) is 23.7 Å². The van der Waals surface area contributed by atoms with Crippen molar-refractivity contribution in [2.75, 3.05) is 27.4 Å². The van der Waals surface area contributed by atoms with Gasteiger partial charge in [0.15, 0.2) is 11.6 Å². The van der Waals surface area contributed by atoms with Gasteiger partial charge < -0.3 is 28.8 Å². The van der Waals surface area contributed by atoms with E-state index in [1.54, 1.807) is 32.8 Å². The Kier molecular flexibility index (Phi) is 20.9. The highest BCUT2D eigenvalue weighted by Gasteiger charge is 2.34. The molecule has 2 atom stereocenters. The number of ether oxygens (including phenoxy) is 5. The number of nitrogens with zero attached hydrogens (tertiary/aromatic N) is 4. The molecule has 1 saturated heterocycles. The van der Waals surface area contributed by atoms with Crippen LogP contribution in [0.1, 0.15) is 125 Å². The van der Waals surface area contributed by atoms with Crippen molar-refractivity contribution in [2.45, 2.75) is 132 Å². The molecule has 0 radical (unpaired) electrons. The van der Waals surface area contributed by atoms with E-state index in [-0.39, 0.29) is 74.1 Å². The van der Waals surface area contributed by atoms with Gasteiger partial charge in [0, 0.05) is 37.4 Å². The molecule has 0 saturated carbocycles. The van der Waals surface area contributed by atoms with Crippen LogP contribution in [0.15, 0.2) is 24.8 Å². The van der Waals surface area contributed by atoms with Gasteiger partial charge in [0.1, 0.15) is 23.8 Å². The molecule has 1 N–H and O–H groups in total. The Balaban J connectivity index is 0. The van der Waals surface area contributed by atoms with Crippen LogP contribution in [0.25, 0.3) is 0 Å². The molecule has 0 unspecified atom stereocenters. The minimum absolute atomic E-state index is 0. The summed E-state index contributed by atoms with van der Waals surface area (Å²) in [4.78, 5) is 40.9. The van der Waals surface area contributed by atoms with E-state index in [0.717, 1.165) is 5.69 Å². The zero-order valence-electron chi connectivity index (χ0n) is 32.9. The Morgan fingerprint density at radius 3 is 1.56 bits per heavy atom. The highest BCUT2D eigenvalue weighted by Crippen LogP contribution is 2.31. The quantitative estimate of drug-likeness (QED) is 0.277. The maximum atomic E-state index is 11.9. The summed E-state index contributed by atoms with van der Waals surface area (Å²) in [5, 5.41) is 9.99. The molecule has 12 nitrogen and oxygen atoms in total. The molecule has 0 aromatic carbocycles. The van der Waals surface area contributed by atoms with Crippen LogP contribution in [0.3, 0.4) is 0 Å². The van der Waals surface area contributed by atoms with Gasteiger partial charge in [-0.05, 0) is 48.5 Å². The van der Waals surface area contributed by atoms with Gasteiger partial charge >= 0.3 is 0 Å². The van der Waals surface area contributed by atoms with E-state index in [1.165, 1.54) is 6.20 Å². The predicted octanol–water partition coefficient (Wildman–Crippen LogP) is 6.18. The molecule has 50 heavy (non-hydrogen) atoms. The number of methoxy groups -OCH3 is 2. The number of carbonyl (C=O) groups is 2. The molecule has 1 aliphatic heterocycles. The van der Waals surface area contributed by atoms with Crippen molar-refractivity contribution in [1.82, 2.24) is 19.9 Å². The monoisotopic (exact) mass is 744 g/mol. The summed E-state index contributed by atoms with van der Waals surface area (Å²) in [6.45, 7) is 25.2. The second-order valence-electron chi connectivity index (χ2n) is 15.6. The van der Waals surface area contributed by atoms with E-state index in [1.807, 2.05) is 90.0 Å². The first kappa shape index (κ1) is 50.1. The number of ketones is 2. The first-order valence-corrected chi connectivity index (χ1v) is 16.2. The standard InChI is InChI=1S/C16H26N2O3.C15H22N2O3.C5H12O2.2H2S/c1-15(2,3)14(20)7-11-8-18-12(9-17-11)13(19)10-21-16(4,5)6;1-14(2,3)13(18)6-10-7-17-11(8-16-10)12-9-19-15(4,5)20-12;1-5(2,6-3)7-4;;/h8-9,13,19H,7,10H2,1-6H3;7-8,12H,6,9H2,1-5H3;1-4H3;2*1H2/t13-;12-;;;/m11.../s1. The Bertz CT molecular complexity index is 1280. The fourth-order valence-corrected chi connectivity index (χ4v) is 3.44. The smallest absolute Gasteiger partial charge is 0.163 e. The van der Waals surface area contributed by atoms with Crippen molar-refractivity contribution >= 4 is 38.6 Å². The fourth-order valence-electron chi connectivity index (χ4n) is 3.44. The molecule has 2 aromatic rings. The number of aliphatic hydroxyl groups excluding tert-OH is 1. The number of Topliss-reactive ketones (excluding diaryl/α,β-unsaturated/α-hetero) is 2. The van der Waals surface area contributed by atoms with Crippen molar-refractivity contribution in [3.8, 4) is 0 Å². The lowest BCUT2D eigenvalue weighted by atomic mass is 9.88. The van der Waals surface area contributed by atoms with Crippen molar-refractivity contribution in [1.29, 1.82) is 0 Å². The largest absolute Gasteiger partial charge is 0.384 e. The predicted molar refractivity (Wildman–Crippen MR) is 204 cm³/mol. The molecule has 3 heterocycles. The Hall–Kier alpha value is -2.04. The van der Waals surface area contributed by atoms with Crippen LogP contribution in [-0.2, 0) is 46.1 Å². The third-order valence-corrected chi connectivity index (χ3v) is 7.14. The topological polar surface area (TPSA) is 152 Å². The minimum atomic E-state index is -0.816. The van der Waals surface area contributed by atoms with Gasteiger partial charge in [-0.2, -0.15) is 27.0 Å². The molecule has 288 valence electrons. The van der Waals surface area contributed by atoms with Gasteiger partial charge in [0.05, 0.1) is 66.8 Å². The number of aromatic nitrogens is 4. The highest BCUT2D eigenvalue weighted by atomic mass is 32.1. The fraction of sp³-hybridized carbons (Fsp3) is 0.722. The van der Waals surface area contributed by atoms with Crippen LogP contribution >= 0.6 is 27.0 Å². The first-order valence-electron chi connectivity index (χ1n) is 16.2. The molecule has 0 aliphatic carbocycles. The van der Waals surface area contributed by atoms with Crippen LogP contribution < -0.4 is 0 Å². The van der Waals surface area contributed by atoms with Gasteiger partial charge in [0.25, 0.3) is 0 Å². The zero-order valence-corrected chi connectivity index (χ0v) is 34.9. The van der Waals surface area contributed by atoms with E-state index < -0.39 is 17.7 Å². The second-order valence-corrected chi connectivity index (χ2v) is 15.6. The molecule has 0 bridgehead atoms. The molecule has 2 aromatic heterocycles. The van der Waals surface area contributed by atoms with E-state index in [9.17, 15) is 14.7 Å². The lowest BCUT2D eigenvalue weighted by Gasteiger charge is -2.21. The van der Waals surface area contributed by atoms with E-state index in [0.29, 0.717) is 30.1 Å².